The lowest BCUT2D eigenvalue weighted by Crippen LogP contribution is -2.38. The first-order chi connectivity index (χ1) is 12.9. The van der Waals surface area contributed by atoms with Gasteiger partial charge >= 0.3 is 0 Å². The van der Waals surface area contributed by atoms with Crippen molar-refractivity contribution in [2.75, 3.05) is 31.9 Å². The van der Waals surface area contributed by atoms with Gasteiger partial charge in [0.1, 0.15) is 5.82 Å². The summed E-state index contributed by atoms with van der Waals surface area (Å²) in [5.41, 5.74) is 1.96. The summed E-state index contributed by atoms with van der Waals surface area (Å²) < 4.78 is 38.7. The first kappa shape index (κ1) is 24.6. The minimum Gasteiger partial charge on any atom is -0.361 e. The smallest absolute Gasteiger partial charge is 0.211 e. The van der Waals surface area contributed by atoms with Gasteiger partial charge in [0.15, 0.2) is 5.96 Å². The summed E-state index contributed by atoms with van der Waals surface area (Å²) in [5, 5.41) is 7.30. The summed E-state index contributed by atoms with van der Waals surface area (Å²) in [4.78, 5) is 7.59. The fraction of sp³-hybridized carbons (Fsp3) is 0.500. The maximum atomic E-state index is 13.4. The number of halogens is 2. The molecule has 0 atom stereocenters. The Kier molecular flexibility index (Phi) is 10.8. The van der Waals surface area contributed by atoms with E-state index in [2.05, 4.69) is 25.3 Å². The first-order valence-corrected chi connectivity index (χ1v) is 10.9. The molecule has 0 saturated carbocycles. The number of H-pyrrole nitrogens is 1. The molecule has 0 aliphatic rings. The van der Waals surface area contributed by atoms with Crippen LogP contribution in [0.5, 0.6) is 0 Å². The monoisotopic (exact) mass is 525 g/mol. The topological polar surface area (TPSA) is 98.4 Å². The molecule has 0 aliphatic carbocycles. The van der Waals surface area contributed by atoms with Crippen molar-refractivity contribution in [2.24, 2.45) is 4.99 Å². The molecule has 2 aromatic rings. The number of guanidine groups is 1. The number of fused-ring (bicyclic) bond motifs is 1. The quantitative estimate of drug-likeness (QED) is 0.166. The van der Waals surface area contributed by atoms with E-state index in [4.69, 9.17) is 0 Å². The lowest BCUT2D eigenvalue weighted by Gasteiger charge is -2.11. The summed E-state index contributed by atoms with van der Waals surface area (Å²) in [5.74, 6) is 0.518. The Morgan fingerprint density at radius 2 is 2.00 bits per heavy atom. The zero-order chi connectivity index (χ0) is 19.7. The summed E-state index contributed by atoms with van der Waals surface area (Å²) in [6, 6.07) is 4.72. The highest BCUT2D eigenvalue weighted by Crippen LogP contribution is 2.19. The molecule has 0 radical (unpaired) electrons. The molecular formula is C18H29FIN5O2S. The first-order valence-electron chi connectivity index (χ1n) is 9.20. The largest absolute Gasteiger partial charge is 0.361 e. The van der Waals surface area contributed by atoms with Gasteiger partial charge in [-0.05, 0) is 50.5 Å². The van der Waals surface area contributed by atoms with Crippen LogP contribution < -0.4 is 15.4 Å². The van der Waals surface area contributed by atoms with Crippen molar-refractivity contribution in [3.63, 3.8) is 0 Å². The highest BCUT2D eigenvalue weighted by Gasteiger charge is 2.06. The number of nitrogens with one attached hydrogen (secondary N) is 4. The summed E-state index contributed by atoms with van der Waals surface area (Å²) in [6.45, 7) is 5.86. The number of nitrogens with zero attached hydrogens (tertiary/aromatic N) is 1. The van der Waals surface area contributed by atoms with E-state index in [1.54, 1.807) is 13.0 Å². The molecule has 0 spiro atoms. The molecule has 0 unspecified atom stereocenters. The second-order valence-electron chi connectivity index (χ2n) is 6.09. The summed E-state index contributed by atoms with van der Waals surface area (Å²) >= 11 is 0. The zero-order valence-electron chi connectivity index (χ0n) is 16.2. The Bertz CT molecular complexity index is 870. The molecule has 28 heavy (non-hydrogen) atoms. The summed E-state index contributed by atoms with van der Waals surface area (Å²) in [6.07, 6.45) is 3.25. The van der Waals surface area contributed by atoms with Crippen LogP contribution in [0.3, 0.4) is 0 Å². The van der Waals surface area contributed by atoms with Gasteiger partial charge in [-0.15, -0.1) is 24.0 Å². The number of rotatable bonds is 10. The Morgan fingerprint density at radius 3 is 2.71 bits per heavy atom. The Balaban J connectivity index is 0.00000392. The van der Waals surface area contributed by atoms with Crippen LogP contribution in [0.4, 0.5) is 4.39 Å². The minimum absolute atomic E-state index is 0. The average molecular weight is 525 g/mol. The Hall–Kier alpha value is -1.40. The highest BCUT2D eigenvalue weighted by atomic mass is 127. The second-order valence-corrected chi connectivity index (χ2v) is 8.19. The van der Waals surface area contributed by atoms with Gasteiger partial charge in [0.2, 0.25) is 10.0 Å². The molecule has 2 rings (SSSR count). The van der Waals surface area contributed by atoms with Gasteiger partial charge in [-0.3, -0.25) is 4.99 Å². The molecule has 1 aromatic heterocycles. The van der Waals surface area contributed by atoms with Gasteiger partial charge in [0, 0.05) is 43.3 Å². The zero-order valence-corrected chi connectivity index (χ0v) is 19.4. The van der Waals surface area contributed by atoms with Crippen molar-refractivity contribution >= 4 is 50.9 Å². The van der Waals surface area contributed by atoms with E-state index in [1.807, 2.05) is 13.1 Å². The van der Waals surface area contributed by atoms with Crippen molar-refractivity contribution < 1.29 is 12.8 Å². The van der Waals surface area contributed by atoms with Crippen molar-refractivity contribution in [1.82, 2.24) is 20.3 Å². The number of sulfonamides is 1. The number of hydrogen-bond donors (Lipinski definition) is 4. The van der Waals surface area contributed by atoms with Crippen LogP contribution in [0.1, 0.15) is 25.8 Å². The molecule has 1 heterocycles. The van der Waals surface area contributed by atoms with Crippen molar-refractivity contribution in [1.29, 1.82) is 0 Å². The Labute approximate surface area is 183 Å². The van der Waals surface area contributed by atoms with Crippen molar-refractivity contribution in [3.05, 3.63) is 35.8 Å². The number of aromatic nitrogens is 1. The standard InChI is InChI=1S/C18H28FN5O2S.HI/c1-3-20-18(21-9-5-10-24-27(25,26)4-2)22-11-8-14-13-23-17-7-6-15(19)12-16(14)17;/h6-7,12-13,23-24H,3-5,8-11H2,1-2H3,(H2,20,21,22);1H. The van der Waals surface area contributed by atoms with Crippen LogP contribution in [0, 0.1) is 5.82 Å². The summed E-state index contributed by atoms with van der Waals surface area (Å²) in [7, 11) is -3.15. The molecule has 4 N–H and O–H groups in total. The molecule has 0 saturated heterocycles. The molecule has 7 nitrogen and oxygen atoms in total. The van der Waals surface area contributed by atoms with E-state index in [9.17, 15) is 12.8 Å². The van der Waals surface area contributed by atoms with E-state index in [0.717, 1.165) is 29.4 Å². The van der Waals surface area contributed by atoms with Crippen LogP contribution in [-0.2, 0) is 16.4 Å². The molecule has 1 aromatic carbocycles. The van der Waals surface area contributed by atoms with Gasteiger partial charge in [-0.25, -0.2) is 17.5 Å². The normalized spacial score (nSPS) is 12.0. The van der Waals surface area contributed by atoms with Crippen LogP contribution in [0.25, 0.3) is 10.9 Å². The number of hydrogen-bond acceptors (Lipinski definition) is 3. The molecule has 0 amide bonds. The second kappa shape index (κ2) is 12.2. The third-order valence-electron chi connectivity index (χ3n) is 4.07. The highest BCUT2D eigenvalue weighted by molar-refractivity contribution is 14.0. The fourth-order valence-electron chi connectivity index (χ4n) is 2.61. The van der Waals surface area contributed by atoms with E-state index in [-0.39, 0.29) is 35.5 Å². The molecule has 0 bridgehead atoms. The van der Waals surface area contributed by atoms with E-state index in [1.165, 1.54) is 12.1 Å². The molecular weight excluding hydrogens is 496 g/mol. The Morgan fingerprint density at radius 1 is 1.21 bits per heavy atom. The van der Waals surface area contributed by atoms with Crippen LogP contribution in [0.15, 0.2) is 29.4 Å². The maximum Gasteiger partial charge on any atom is 0.211 e. The molecule has 0 fully saturated rings. The average Bonchev–Trinajstić information content (AvgIpc) is 3.03. The predicted octanol–water partition coefficient (Wildman–Crippen LogP) is 2.35. The molecule has 10 heteroatoms. The predicted molar refractivity (Wildman–Crippen MR) is 123 cm³/mol. The van der Waals surface area contributed by atoms with E-state index in [0.29, 0.717) is 32.0 Å². The van der Waals surface area contributed by atoms with E-state index >= 15 is 0 Å². The number of benzene rings is 1. The SMILES string of the molecule is CCNC(=NCCCNS(=O)(=O)CC)NCCc1c[nH]c2ccc(F)cc12.I. The van der Waals surface area contributed by atoms with Gasteiger partial charge < -0.3 is 15.6 Å². The number of aliphatic imine (C=N–C) groups is 1. The van der Waals surface area contributed by atoms with Crippen LogP contribution >= 0.6 is 24.0 Å². The maximum absolute atomic E-state index is 13.4. The van der Waals surface area contributed by atoms with Crippen molar-refractivity contribution in [2.45, 2.75) is 26.7 Å². The minimum atomic E-state index is -3.15. The third-order valence-corrected chi connectivity index (χ3v) is 5.47. The van der Waals surface area contributed by atoms with Crippen LogP contribution in [-0.4, -0.2) is 51.3 Å². The van der Waals surface area contributed by atoms with Crippen LogP contribution in [0.2, 0.25) is 0 Å². The lowest BCUT2D eigenvalue weighted by atomic mass is 10.1. The molecule has 158 valence electrons. The molecule has 0 aliphatic heterocycles. The third kappa shape index (κ3) is 7.92. The van der Waals surface area contributed by atoms with Gasteiger partial charge in [0.05, 0.1) is 5.75 Å². The van der Waals surface area contributed by atoms with E-state index < -0.39 is 10.0 Å². The lowest BCUT2D eigenvalue weighted by molar-refractivity contribution is 0.581. The van der Waals surface area contributed by atoms with Gasteiger partial charge in [0.25, 0.3) is 0 Å². The number of aromatic amines is 1. The van der Waals surface area contributed by atoms with Gasteiger partial charge in [-0.2, -0.15) is 0 Å². The fourth-order valence-corrected chi connectivity index (χ4v) is 3.27. The van der Waals surface area contributed by atoms with Gasteiger partial charge in [-0.1, -0.05) is 0 Å². The van der Waals surface area contributed by atoms with Crippen molar-refractivity contribution in [3.8, 4) is 0 Å².